The SMILES string of the molecule is CNC(=O)NC(=O)[C@@H](C)Nc1ccc(Oc2ccccc2Cl)cc1. The van der Waals surface area contributed by atoms with Crippen LogP contribution in [0, 0.1) is 0 Å². The highest BCUT2D eigenvalue weighted by atomic mass is 35.5. The van der Waals surface area contributed by atoms with Gasteiger partial charge in [-0.2, -0.15) is 0 Å². The summed E-state index contributed by atoms with van der Waals surface area (Å²) in [4.78, 5) is 22.9. The van der Waals surface area contributed by atoms with Crippen LogP contribution in [0.2, 0.25) is 5.02 Å². The van der Waals surface area contributed by atoms with Crippen LogP contribution in [0.5, 0.6) is 11.5 Å². The molecule has 0 spiro atoms. The predicted molar refractivity (Wildman–Crippen MR) is 93.7 cm³/mol. The Kier molecular flexibility index (Phi) is 6.03. The molecule has 7 heteroatoms. The lowest BCUT2D eigenvalue weighted by Crippen LogP contribution is -2.44. The number of carbonyl (C=O) groups excluding carboxylic acids is 2. The van der Waals surface area contributed by atoms with E-state index < -0.39 is 18.0 Å². The maximum Gasteiger partial charge on any atom is 0.321 e. The van der Waals surface area contributed by atoms with Gasteiger partial charge in [0.15, 0.2) is 0 Å². The second kappa shape index (κ2) is 8.21. The smallest absolute Gasteiger partial charge is 0.321 e. The molecular formula is C17H18ClN3O3. The fourth-order valence-electron chi connectivity index (χ4n) is 1.87. The van der Waals surface area contributed by atoms with Crippen LogP contribution >= 0.6 is 11.6 Å². The summed E-state index contributed by atoms with van der Waals surface area (Å²) in [5.41, 5.74) is 0.723. The topological polar surface area (TPSA) is 79.5 Å². The summed E-state index contributed by atoms with van der Waals surface area (Å²) in [6.07, 6.45) is 0. The van der Waals surface area contributed by atoms with Gasteiger partial charge < -0.3 is 15.4 Å². The number of ether oxygens (including phenoxy) is 1. The Hall–Kier alpha value is -2.73. The quantitative estimate of drug-likeness (QED) is 0.774. The molecule has 0 bridgehead atoms. The van der Waals surface area contributed by atoms with Crippen molar-refractivity contribution < 1.29 is 14.3 Å². The third-order valence-electron chi connectivity index (χ3n) is 3.16. The molecule has 3 N–H and O–H groups in total. The highest BCUT2D eigenvalue weighted by Crippen LogP contribution is 2.29. The van der Waals surface area contributed by atoms with E-state index in [1.807, 2.05) is 12.1 Å². The Bertz CT molecular complexity index is 719. The van der Waals surface area contributed by atoms with Gasteiger partial charge in [0, 0.05) is 12.7 Å². The average molecular weight is 348 g/mol. The van der Waals surface area contributed by atoms with Crippen LogP contribution in [-0.2, 0) is 4.79 Å². The molecule has 0 radical (unpaired) electrons. The normalized spacial score (nSPS) is 11.3. The lowest BCUT2D eigenvalue weighted by Gasteiger charge is -2.15. The Morgan fingerprint density at radius 1 is 1.08 bits per heavy atom. The zero-order valence-electron chi connectivity index (χ0n) is 13.3. The first-order valence-electron chi connectivity index (χ1n) is 7.31. The molecule has 0 aliphatic rings. The van der Waals surface area contributed by atoms with Crippen LogP contribution in [0.15, 0.2) is 48.5 Å². The van der Waals surface area contributed by atoms with Crippen LogP contribution < -0.4 is 20.7 Å². The van der Waals surface area contributed by atoms with Gasteiger partial charge in [0.2, 0.25) is 5.91 Å². The number of carbonyl (C=O) groups is 2. The fourth-order valence-corrected chi connectivity index (χ4v) is 2.05. The minimum absolute atomic E-state index is 0.425. The maximum atomic E-state index is 11.8. The van der Waals surface area contributed by atoms with Crippen molar-refractivity contribution in [1.82, 2.24) is 10.6 Å². The van der Waals surface area contributed by atoms with Gasteiger partial charge in [-0.15, -0.1) is 0 Å². The number of urea groups is 1. The monoisotopic (exact) mass is 347 g/mol. The van der Waals surface area contributed by atoms with E-state index in [4.69, 9.17) is 16.3 Å². The molecule has 0 unspecified atom stereocenters. The van der Waals surface area contributed by atoms with Gasteiger partial charge in [0.25, 0.3) is 0 Å². The molecule has 3 amide bonds. The zero-order chi connectivity index (χ0) is 17.5. The number of imide groups is 1. The first-order chi connectivity index (χ1) is 11.5. The van der Waals surface area contributed by atoms with E-state index in [1.54, 1.807) is 43.3 Å². The number of para-hydroxylation sites is 1. The van der Waals surface area contributed by atoms with E-state index >= 15 is 0 Å². The number of halogens is 1. The summed E-state index contributed by atoms with van der Waals surface area (Å²) in [5, 5.41) is 8.06. The van der Waals surface area contributed by atoms with Crippen molar-refractivity contribution in [3.8, 4) is 11.5 Å². The molecule has 0 fully saturated rings. The van der Waals surface area contributed by atoms with Crippen LogP contribution in [0.4, 0.5) is 10.5 Å². The summed E-state index contributed by atoms with van der Waals surface area (Å²) in [7, 11) is 1.44. The van der Waals surface area contributed by atoms with Crippen LogP contribution in [0.1, 0.15) is 6.92 Å². The number of hydrogen-bond acceptors (Lipinski definition) is 4. The number of nitrogens with one attached hydrogen (secondary N) is 3. The van der Waals surface area contributed by atoms with Gasteiger partial charge in [-0.3, -0.25) is 10.1 Å². The van der Waals surface area contributed by atoms with Gasteiger partial charge in [0.05, 0.1) is 5.02 Å². The molecule has 2 aromatic carbocycles. The second-order valence-corrected chi connectivity index (χ2v) is 5.40. The molecule has 2 aromatic rings. The minimum atomic E-state index is -0.572. The molecular weight excluding hydrogens is 330 g/mol. The molecule has 0 aromatic heterocycles. The van der Waals surface area contributed by atoms with Gasteiger partial charge in [-0.1, -0.05) is 23.7 Å². The number of anilines is 1. The standard InChI is InChI=1S/C17H18ClN3O3/c1-11(16(22)21-17(23)19-2)20-12-7-9-13(10-8-12)24-15-6-4-3-5-14(15)18/h3-11,20H,1-2H3,(H2,19,21,22,23)/t11-/m1/s1. The number of hydrogen-bond donors (Lipinski definition) is 3. The molecule has 6 nitrogen and oxygen atoms in total. The van der Waals surface area contributed by atoms with Crippen molar-refractivity contribution in [3.05, 3.63) is 53.6 Å². The van der Waals surface area contributed by atoms with Crippen molar-refractivity contribution in [3.63, 3.8) is 0 Å². The summed E-state index contributed by atoms with van der Waals surface area (Å²) in [6.45, 7) is 1.66. The predicted octanol–water partition coefficient (Wildman–Crippen LogP) is 3.39. The second-order valence-electron chi connectivity index (χ2n) is 4.99. The average Bonchev–Trinajstić information content (AvgIpc) is 2.58. The Labute approximate surface area is 145 Å². The highest BCUT2D eigenvalue weighted by molar-refractivity contribution is 6.32. The van der Waals surface area contributed by atoms with Gasteiger partial charge in [-0.25, -0.2) is 4.79 Å². The van der Waals surface area contributed by atoms with Crippen molar-refractivity contribution in [2.45, 2.75) is 13.0 Å². The first kappa shape index (κ1) is 17.6. The molecule has 0 heterocycles. The Morgan fingerprint density at radius 2 is 1.75 bits per heavy atom. The number of benzene rings is 2. The van der Waals surface area contributed by atoms with Crippen molar-refractivity contribution in [1.29, 1.82) is 0 Å². The lowest BCUT2D eigenvalue weighted by molar-refractivity contribution is -0.120. The third kappa shape index (κ3) is 4.89. The van der Waals surface area contributed by atoms with Gasteiger partial charge in [0.1, 0.15) is 17.5 Å². The first-order valence-corrected chi connectivity index (χ1v) is 7.69. The molecule has 0 saturated carbocycles. The van der Waals surface area contributed by atoms with Crippen LogP contribution in [0.3, 0.4) is 0 Å². The highest BCUT2D eigenvalue weighted by Gasteiger charge is 2.14. The van der Waals surface area contributed by atoms with E-state index in [1.165, 1.54) is 7.05 Å². The van der Waals surface area contributed by atoms with Crippen molar-refractivity contribution in [2.24, 2.45) is 0 Å². The fraction of sp³-hybridized carbons (Fsp3) is 0.176. The van der Waals surface area contributed by atoms with E-state index in [0.29, 0.717) is 16.5 Å². The Morgan fingerprint density at radius 3 is 2.38 bits per heavy atom. The third-order valence-corrected chi connectivity index (χ3v) is 3.47. The Balaban J connectivity index is 1.95. The van der Waals surface area contributed by atoms with Crippen LogP contribution in [0.25, 0.3) is 0 Å². The van der Waals surface area contributed by atoms with E-state index in [9.17, 15) is 9.59 Å². The van der Waals surface area contributed by atoms with E-state index in [0.717, 1.165) is 5.69 Å². The summed E-state index contributed by atoms with van der Waals surface area (Å²) in [6, 6.07) is 13.1. The molecule has 126 valence electrons. The molecule has 2 rings (SSSR count). The van der Waals surface area contributed by atoms with Crippen molar-refractivity contribution in [2.75, 3.05) is 12.4 Å². The zero-order valence-corrected chi connectivity index (χ0v) is 14.1. The van der Waals surface area contributed by atoms with E-state index in [-0.39, 0.29) is 0 Å². The lowest BCUT2D eigenvalue weighted by atomic mass is 10.2. The number of rotatable bonds is 5. The van der Waals surface area contributed by atoms with E-state index in [2.05, 4.69) is 16.0 Å². The summed E-state index contributed by atoms with van der Waals surface area (Å²) < 4.78 is 5.69. The molecule has 0 saturated heterocycles. The van der Waals surface area contributed by atoms with Gasteiger partial charge in [-0.05, 0) is 43.3 Å². The summed E-state index contributed by atoms with van der Waals surface area (Å²) in [5.74, 6) is 0.764. The minimum Gasteiger partial charge on any atom is -0.456 e. The number of amides is 3. The molecule has 0 aliphatic carbocycles. The van der Waals surface area contributed by atoms with Crippen molar-refractivity contribution >= 4 is 29.2 Å². The molecule has 0 aliphatic heterocycles. The molecule has 1 atom stereocenters. The van der Waals surface area contributed by atoms with Crippen LogP contribution in [-0.4, -0.2) is 25.0 Å². The maximum absolute atomic E-state index is 11.8. The molecule has 24 heavy (non-hydrogen) atoms. The largest absolute Gasteiger partial charge is 0.456 e. The summed E-state index contributed by atoms with van der Waals surface area (Å²) >= 11 is 6.05. The van der Waals surface area contributed by atoms with Gasteiger partial charge >= 0.3 is 6.03 Å².